The van der Waals surface area contributed by atoms with Gasteiger partial charge in [0, 0.05) is 5.02 Å². The smallest absolute Gasteiger partial charge is 0.264 e. The Balaban J connectivity index is 1.81. The Bertz CT molecular complexity index is 1350. The zero-order valence-corrected chi connectivity index (χ0v) is 22.6. The molecule has 0 aromatic heterocycles. The second-order valence-corrected chi connectivity index (χ2v) is 10.3. The first-order valence-corrected chi connectivity index (χ1v) is 13.6. The fourth-order valence-corrected chi connectivity index (χ4v) is 5.10. The van der Waals surface area contributed by atoms with Gasteiger partial charge in [-0.25, -0.2) is 13.8 Å². The van der Waals surface area contributed by atoms with Gasteiger partial charge in [0.25, 0.3) is 15.9 Å². The normalized spacial score (nSPS) is 11.4. The third kappa shape index (κ3) is 7.24. The summed E-state index contributed by atoms with van der Waals surface area (Å²) in [5.41, 5.74) is 3.92. The summed E-state index contributed by atoms with van der Waals surface area (Å²) in [6.07, 6.45) is 2.32. The topological polar surface area (TPSA) is 97.3 Å². The molecule has 3 aromatic rings. The standard InChI is InChI=1S/C27H30ClN3O5S/c1-4-16-36-25-15-14-21(17-26(25)35-5-2)18-29-30-27(32)19-31(24-13-9-12-23(28)20(24)3)37(33,34)22-10-7-6-8-11-22/h6-15,17-18H,4-5,16,19H2,1-3H3,(H,30,32)/b29-18-. The molecular weight excluding hydrogens is 514 g/mol. The summed E-state index contributed by atoms with van der Waals surface area (Å²) in [5, 5.41) is 4.40. The van der Waals surface area contributed by atoms with Gasteiger partial charge in [-0.3, -0.25) is 9.10 Å². The lowest BCUT2D eigenvalue weighted by Crippen LogP contribution is -2.40. The van der Waals surface area contributed by atoms with Gasteiger partial charge < -0.3 is 9.47 Å². The van der Waals surface area contributed by atoms with Crippen molar-refractivity contribution >= 4 is 39.4 Å². The number of nitrogens with zero attached hydrogens (tertiary/aromatic N) is 2. The molecule has 8 nitrogen and oxygen atoms in total. The highest BCUT2D eigenvalue weighted by molar-refractivity contribution is 7.92. The first kappa shape index (κ1) is 28.0. The first-order chi connectivity index (χ1) is 17.8. The third-order valence-electron chi connectivity index (χ3n) is 5.26. The van der Waals surface area contributed by atoms with Gasteiger partial charge in [0.15, 0.2) is 11.5 Å². The molecule has 0 atom stereocenters. The van der Waals surface area contributed by atoms with Crippen molar-refractivity contribution in [3.8, 4) is 11.5 Å². The van der Waals surface area contributed by atoms with Crippen LogP contribution in [0.2, 0.25) is 5.02 Å². The fraction of sp³-hybridized carbons (Fsp3) is 0.259. The second-order valence-electron chi connectivity index (χ2n) is 7.99. The zero-order valence-electron chi connectivity index (χ0n) is 21.0. The van der Waals surface area contributed by atoms with E-state index in [4.69, 9.17) is 21.1 Å². The number of halogens is 1. The third-order valence-corrected chi connectivity index (χ3v) is 7.44. The summed E-state index contributed by atoms with van der Waals surface area (Å²) >= 11 is 6.25. The van der Waals surface area contributed by atoms with Crippen LogP contribution in [0.4, 0.5) is 5.69 Å². The van der Waals surface area contributed by atoms with Crippen LogP contribution in [0.5, 0.6) is 11.5 Å². The van der Waals surface area contributed by atoms with E-state index in [1.807, 2.05) is 13.8 Å². The highest BCUT2D eigenvalue weighted by Crippen LogP contribution is 2.31. The fourth-order valence-electron chi connectivity index (χ4n) is 3.43. The maximum absolute atomic E-state index is 13.5. The number of hydrogen-bond donors (Lipinski definition) is 1. The van der Waals surface area contributed by atoms with Crippen LogP contribution in [0.3, 0.4) is 0 Å². The van der Waals surface area contributed by atoms with Crippen molar-refractivity contribution in [2.24, 2.45) is 5.10 Å². The summed E-state index contributed by atoms with van der Waals surface area (Å²) in [6, 6.07) is 18.1. The molecule has 196 valence electrons. The molecule has 0 spiro atoms. The minimum Gasteiger partial charge on any atom is -0.490 e. The lowest BCUT2D eigenvalue weighted by atomic mass is 10.2. The van der Waals surface area contributed by atoms with E-state index in [-0.39, 0.29) is 4.90 Å². The van der Waals surface area contributed by atoms with Crippen LogP contribution in [0.1, 0.15) is 31.4 Å². The number of amides is 1. The number of sulfonamides is 1. The minimum absolute atomic E-state index is 0.0551. The summed E-state index contributed by atoms with van der Waals surface area (Å²) in [4.78, 5) is 12.9. The molecule has 0 aliphatic rings. The molecular formula is C27H30ClN3O5S. The average Bonchev–Trinajstić information content (AvgIpc) is 2.89. The number of benzene rings is 3. The average molecular weight is 544 g/mol. The van der Waals surface area contributed by atoms with Crippen LogP contribution >= 0.6 is 11.6 Å². The molecule has 3 aromatic carbocycles. The monoisotopic (exact) mass is 543 g/mol. The Morgan fingerprint density at radius 3 is 2.49 bits per heavy atom. The molecule has 0 heterocycles. The van der Waals surface area contributed by atoms with Crippen LogP contribution in [-0.2, 0) is 14.8 Å². The van der Waals surface area contributed by atoms with Crippen LogP contribution in [-0.4, -0.2) is 40.3 Å². The van der Waals surface area contributed by atoms with Gasteiger partial charge in [-0.05, 0) is 73.9 Å². The van der Waals surface area contributed by atoms with Crippen molar-refractivity contribution in [1.29, 1.82) is 0 Å². The molecule has 1 amide bonds. The number of rotatable bonds is 12. The van der Waals surface area contributed by atoms with E-state index in [0.717, 1.165) is 10.7 Å². The summed E-state index contributed by atoms with van der Waals surface area (Å²) in [7, 11) is -4.06. The number of anilines is 1. The molecule has 3 rings (SSSR count). The predicted molar refractivity (Wildman–Crippen MR) is 146 cm³/mol. The van der Waals surface area contributed by atoms with Crippen molar-refractivity contribution in [1.82, 2.24) is 5.43 Å². The summed E-state index contributed by atoms with van der Waals surface area (Å²) < 4.78 is 39.3. The van der Waals surface area contributed by atoms with Crippen molar-refractivity contribution in [3.63, 3.8) is 0 Å². The van der Waals surface area contributed by atoms with Crippen molar-refractivity contribution in [3.05, 3.63) is 82.9 Å². The summed E-state index contributed by atoms with van der Waals surface area (Å²) in [5.74, 6) is 0.578. The molecule has 0 radical (unpaired) electrons. The van der Waals surface area contributed by atoms with E-state index >= 15 is 0 Å². The van der Waals surface area contributed by atoms with E-state index in [1.54, 1.807) is 61.5 Å². The molecule has 1 N–H and O–H groups in total. The maximum atomic E-state index is 13.5. The van der Waals surface area contributed by atoms with Gasteiger partial charge in [0.2, 0.25) is 0 Å². The second kappa shape index (κ2) is 13.1. The highest BCUT2D eigenvalue weighted by atomic mass is 35.5. The Morgan fingerprint density at radius 2 is 1.78 bits per heavy atom. The summed E-state index contributed by atoms with van der Waals surface area (Å²) in [6.45, 7) is 6.13. The van der Waals surface area contributed by atoms with Crippen molar-refractivity contribution in [2.45, 2.75) is 32.1 Å². The van der Waals surface area contributed by atoms with E-state index in [1.165, 1.54) is 18.3 Å². The van der Waals surface area contributed by atoms with Gasteiger partial charge >= 0.3 is 0 Å². The molecule has 0 saturated carbocycles. The molecule has 37 heavy (non-hydrogen) atoms. The van der Waals surface area contributed by atoms with E-state index in [0.29, 0.717) is 46.5 Å². The number of carbonyl (C=O) groups is 1. The molecule has 0 fully saturated rings. The van der Waals surface area contributed by atoms with Crippen molar-refractivity contribution < 1.29 is 22.7 Å². The Morgan fingerprint density at radius 1 is 1.03 bits per heavy atom. The SMILES string of the molecule is CCCOc1ccc(/C=N\NC(=O)CN(c2cccc(Cl)c2C)S(=O)(=O)c2ccccc2)cc1OCC. The largest absolute Gasteiger partial charge is 0.490 e. The van der Waals surface area contributed by atoms with Crippen LogP contribution in [0.15, 0.2) is 76.7 Å². The molecule has 0 saturated heterocycles. The Kier molecular flexibility index (Phi) is 9.93. The van der Waals surface area contributed by atoms with Crippen LogP contribution < -0.4 is 19.2 Å². The Hall–Kier alpha value is -3.56. The van der Waals surface area contributed by atoms with Crippen LogP contribution in [0.25, 0.3) is 0 Å². The number of carbonyl (C=O) groups excluding carboxylic acids is 1. The predicted octanol–water partition coefficient (Wildman–Crippen LogP) is 5.18. The van der Waals surface area contributed by atoms with Gasteiger partial charge in [-0.15, -0.1) is 0 Å². The lowest BCUT2D eigenvalue weighted by Gasteiger charge is -2.25. The van der Waals surface area contributed by atoms with Crippen LogP contribution in [0, 0.1) is 6.92 Å². The molecule has 10 heteroatoms. The molecule has 0 bridgehead atoms. The van der Waals surface area contributed by atoms with E-state index in [9.17, 15) is 13.2 Å². The Labute approximate surface area is 222 Å². The van der Waals surface area contributed by atoms with Crippen molar-refractivity contribution in [2.75, 3.05) is 24.1 Å². The van der Waals surface area contributed by atoms with Gasteiger partial charge in [-0.2, -0.15) is 5.10 Å². The highest BCUT2D eigenvalue weighted by Gasteiger charge is 2.28. The quantitative estimate of drug-likeness (QED) is 0.251. The number of ether oxygens (including phenoxy) is 2. The molecule has 0 unspecified atom stereocenters. The first-order valence-electron chi connectivity index (χ1n) is 11.8. The maximum Gasteiger partial charge on any atom is 0.264 e. The number of hydrazone groups is 1. The lowest BCUT2D eigenvalue weighted by molar-refractivity contribution is -0.119. The molecule has 0 aliphatic carbocycles. The van der Waals surface area contributed by atoms with Gasteiger partial charge in [0.05, 0.1) is 30.0 Å². The van der Waals surface area contributed by atoms with E-state index in [2.05, 4.69) is 10.5 Å². The number of hydrogen-bond acceptors (Lipinski definition) is 6. The van der Waals surface area contributed by atoms with Gasteiger partial charge in [-0.1, -0.05) is 42.8 Å². The van der Waals surface area contributed by atoms with E-state index < -0.39 is 22.5 Å². The minimum atomic E-state index is -4.06. The molecule has 0 aliphatic heterocycles. The number of nitrogens with one attached hydrogen (secondary N) is 1. The zero-order chi connectivity index (χ0) is 26.8. The van der Waals surface area contributed by atoms with Gasteiger partial charge in [0.1, 0.15) is 6.54 Å².